The molecular formula is C16H14ClNO4. The van der Waals surface area contributed by atoms with Gasteiger partial charge in [0, 0.05) is 10.7 Å². The van der Waals surface area contributed by atoms with E-state index in [0.29, 0.717) is 11.6 Å². The average molecular weight is 320 g/mol. The van der Waals surface area contributed by atoms with E-state index in [1.807, 2.05) is 12.2 Å². The highest BCUT2D eigenvalue weighted by atomic mass is 35.5. The zero-order chi connectivity index (χ0) is 15.5. The van der Waals surface area contributed by atoms with Gasteiger partial charge >= 0.3 is 5.97 Å². The van der Waals surface area contributed by atoms with Crippen LogP contribution in [0.2, 0.25) is 5.02 Å². The summed E-state index contributed by atoms with van der Waals surface area (Å²) in [5.74, 6) is -1.59. The number of fused-ring (bicyclic) bond motifs is 1. The van der Waals surface area contributed by atoms with Crippen molar-refractivity contribution in [3.63, 3.8) is 0 Å². The van der Waals surface area contributed by atoms with Gasteiger partial charge in [0.15, 0.2) is 0 Å². The van der Waals surface area contributed by atoms with Crippen LogP contribution in [0.15, 0.2) is 36.4 Å². The van der Waals surface area contributed by atoms with Crippen molar-refractivity contribution in [1.29, 1.82) is 0 Å². The van der Waals surface area contributed by atoms with Crippen molar-refractivity contribution in [2.24, 2.45) is 11.8 Å². The number of carbonyl (C=O) groups excluding carboxylic acids is 2. The fourth-order valence-corrected chi connectivity index (χ4v) is 3.87. The Morgan fingerprint density at radius 2 is 2.14 bits per heavy atom. The molecule has 6 heteroatoms. The lowest BCUT2D eigenvalue weighted by atomic mass is 9.77. The van der Waals surface area contributed by atoms with Crippen LogP contribution >= 0.6 is 11.6 Å². The summed E-state index contributed by atoms with van der Waals surface area (Å²) in [5, 5.41) is 0.610. The Hall–Kier alpha value is -1.85. The first kappa shape index (κ1) is 13.8. The summed E-state index contributed by atoms with van der Waals surface area (Å²) >= 11 is 5.89. The number of ether oxygens (including phenoxy) is 2. The largest absolute Gasteiger partial charge is 0.469 e. The predicted molar refractivity (Wildman–Crippen MR) is 79.5 cm³/mol. The minimum absolute atomic E-state index is 0.107. The molecular weight excluding hydrogens is 306 g/mol. The van der Waals surface area contributed by atoms with E-state index in [-0.39, 0.29) is 12.0 Å². The van der Waals surface area contributed by atoms with E-state index < -0.39 is 23.4 Å². The van der Waals surface area contributed by atoms with E-state index in [9.17, 15) is 9.59 Å². The molecule has 0 aliphatic carbocycles. The van der Waals surface area contributed by atoms with Gasteiger partial charge in [-0.2, -0.15) is 0 Å². The maximum atomic E-state index is 12.9. The quantitative estimate of drug-likeness (QED) is 0.616. The summed E-state index contributed by atoms with van der Waals surface area (Å²) in [7, 11) is 1.33. The number of methoxy groups -OCH3 is 1. The summed E-state index contributed by atoms with van der Waals surface area (Å²) < 4.78 is 10.8. The third-order valence-corrected chi connectivity index (χ3v) is 4.96. The Morgan fingerprint density at radius 3 is 2.82 bits per heavy atom. The number of carbonyl (C=O) groups is 2. The fraction of sp³-hybridized carbons (Fsp3) is 0.375. The molecule has 5 nitrogen and oxygen atoms in total. The van der Waals surface area contributed by atoms with Gasteiger partial charge in [0.05, 0.1) is 25.7 Å². The molecule has 0 unspecified atom stereocenters. The van der Waals surface area contributed by atoms with Crippen LogP contribution in [0.5, 0.6) is 0 Å². The summed E-state index contributed by atoms with van der Waals surface area (Å²) in [5.41, 5.74) is 0.0301. The summed E-state index contributed by atoms with van der Waals surface area (Å²) in [4.78, 5) is 26.6. The van der Waals surface area contributed by atoms with Gasteiger partial charge in [-0.1, -0.05) is 23.8 Å². The Kier molecular flexibility index (Phi) is 2.86. The van der Waals surface area contributed by atoms with E-state index in [1.165, 1.54) is 7.11 Å². The molecule has 1 spiro atoms. The third-order valence-electron chi connectivity index (χ3n) is 4.71. The first-order chi connectivity index (χ1) is 10.6. The molecule has 2 bridgehead atoms. The Bertz CT molecular complexity index is 686. The van der Waals surface area contributed by atoms with Gasteiger partial charge in [0.1, 0.15) is 11.5 Å². The second-order valence-electron chi connectivity index (χ2n) is 5.82. The highest BCUT2D eigenvalue weighted by Crippen LogP contribution is 2.52. The number of halogens is 1. The van der Waals surface area contributed by atoms with Crippen LogP contribution in [0.25, 0.3) is 0 Å². The normalized spacial score (nSPS) is 35.1. The average Bonchev–Trinajstić information content (AvgIpc) is 3.16. The highest BCUT2D eigenvalue weighted by molar-refractivity contribution is 6.30. The molecule has 0 N–H and O–H groups in total. The van der Waals surface area contributed by atoms with E-state index >= 15 is 0 Å². The minimum atomic E-state index is -0.722. The molecule has 1 aromatic carbocycles. The van der Waals surface area contributed by atoms with Crippen molar-refractivity contribution in [2.45, 2.75) is 11.7 Å². The number of hydrogen-bond donors (Lipinski definition) is 0. The van der Waals surface area contributed by atoms with E-state index in [0.717, 1.165) is 5.69 Å². The smallest absolute Gasteiger partial charge is 0.312 e. The topological polar surface area (TPSA) is 55.8 Å². The molecule has 0 radical (unpaired) electrons. The number of benzene rings is 1. The maximum Gasteiger partial charge on any atom is 0.312 e. The molecule has 0 saturated carbocycles. The Balaban J connectivity index is 1.71. The first-order valence-corrected chi connectivity index (χ1v) is 7.45. The Labute approximate surface area is 132 Å². The zero-order valence-electron chi connectivity index (χ0n) is 11.9. The van der Waals surface area contributed by atoms with Crippen LogP contribution in [0.4, 0.5) is 5.69 Å². The summed E-state index contributed by atoms with van der Waals surface area (Å²) in [6.07, 6.45) is 3.40. The predicted octanol–water partition coefficient (Wildman–Crippen LogP) is 1.80. The molecule has 4 rings (SSSR count). The van der Waals surface area contributed by atoms with Crippen LogP contribution in [0.3, 0.4) is 0 Å². The maximum absolute atomic E-state index is 12.9. The molecule has 1 amide bonds. The number of nitrogens with zero attached hydrogens (tertiary/aromatic N) is 1. The van der Waals surface area contributed by atoms with Gasteiger partial charge in [0.25, 0.3) is 0 Å². The van der Waals surface area contributed by atoms with Crippen molar-refractivity contribution in [3.05, 3.63) is 41.4 Å². The van der Waals surface area contributed by atoms with Gasteiger partial charge in [-0.15, -0.1) is 0 Å². The number of esters is 1. The van der Waals surface area contributed by atoms with Crippen LogP contribution in [0.1, 0.15) is 0 Å². The highest BCUT2D eigenvalue weighted by Gasteiger charge is 2.67. The van der Waals surface area contributed by atoms with Crippen molar-refractivity contribution in [2.75, 3.05) is 18.6 Å². The zero-order valence-corrected chi connectivity index (χ0v) is 12.6. The third kappa shape index (κ3) is 1.69. The lowest BCUT2D eigenvalue weighted by Gasteiger charge is -2.22. The van der Waals surface area contributed by atoms with Crippen LogP contribution < -0.4 is 4.90 Å². The Morgan fingerprint density at radius 1 is 1.41 bits per heavy atom. The SMILES string of the molecule is COC(=O)[C@@H]1[C@@H]2C=C[C@@]3(CN(c4ccc(Cl)cc4)C(=O)[C@@H]13)O2. The molecule has 2 fully saturated rings. The summed E-state index contributed by atoms with van der Waals surface area (Å²) in [6.45, 7) is 0.401. The van der Waals surface area contributed by atoms with Gasteiger partial charge < -0.3 is 14.4 Å². The van der Waals surface area contributed by atoms with Crippen molar-refractivity contribution >= 4 is 29.2 Å². The monoisotopic (exact) mass is 319 g/mol. The van der Waals surface area contributed by atoms with Crippen LogP contribution in [-0.4, -0.2) is 37.2 Å². The molecule has 0 aromatic heterocycles. The molecule has 4 atom stereocenters. The standard InChI is InChI=1S/C16H14ClNO4/c1-21-15(20)12-11-6-7-16(22-11)8-18(14(19)13(12)16)10-4-2-9(17)3-5-10/h2-7,11-13H,8H2,1H3/t11-,12+,13+,16-/m0/s1. The van der Waals surface area contributed by atoms with Crippen molar-refractivity contribution in [1.82, 2.24) is 0 Å². The lowest BCUT2D eigenvalue weighted by Crippen LogP contribution is -2.39. The van der Waals surface area contributed by atoms with E-state index in [1.54, 1.807) is 29.2 Å². The molecule has 3 aliphatic heterocycles. The second-order valence-corrected chi connectivity index (χ2v) is 6.26. The van der Waals surface area contributed by atoms with Gasteiger partial charge in [-0.05, 0) is 24.3 Å². The van der Waals surface area contributed by atoms with Crippen molar-refractivity contribution < 1.29 is 19.1 Å². The number of amides is 1. The summed E-state index contributed by atoms with van der Waals surface area (Å²) in [6, 6.07) is 7.06. The van der Waals surface area contributed by atoms with E-state index in [4.69, 9.17) is 21.1 Å². The molecule has 1 aromatic rings. The number of rotatable bonds is 2. The van der Waals surface area contributed by atoms with Crippen LogP contribution in [0, 0.1) is 11.8 Å². The lowest BCUT2D eigenvalue weighted by molar-refractivity contribution is -0.149. The molecule has 3 heterocycles. The van der Waals surface area contributed by atoms with Gasteiger partial charge in [-0.25, -0.2) is 0 Å². The van der Waals surface area contributed by atoms with Crippen LogP contribution in [-0.2, 0) is 19.1 Å². The first-order valence-electron chi connectivity index (χ1n) is 7.08. The molecule has 22 heavy (non-hydrogen) atoms. The number of hydrogen-bond acceptors (Lipinski definition) is 4. The van der Waals surface area contributed by atoms with E-state index in [2.05, 4.69) is 0 Å². The second kappa shape index (κ2) is 4.57. The number of anilines is 1. The van der Waals surface area contributed by atoms with Crippen molar-refractivity contribution in [3.8, 4) is 0 Å². The minimum Gasteiger partial charge on any atom is -0.469 e. The fourth-order valence-electron chi connectivity index (χ4n) is 3.74. The molecule has 3 aliphatic rings. The molecule has 2 saturated heterocycles. The molecule has 114 valence electrons. The van der Waals surface area contributed by atoms with Gasteiger partial charge in [-0.3, -0.25) is 9.59 Å². The van der Waals surface area contributed by atoms with Gasteiger partial charge in [0.2, 0.25) is 5.91 Å².